The molecule has 0 spiro atoms. The van der Waals surface area contributed by atoms with Gasteiger partial charge >= 0.3 is 0 Å². The Bertz CT molecular complexity index is 630. The molecule has 100 valence electrons. The highest BCUT2D eigenvalue weighted by atomic mass is 32.2. The minimum atomic E-state index is -3.45. The molecule has 3 N–H and O–H groups in total. The van der Waals surface area contributed by atoms with E-state index in [2.05, 4.69) is 9.71 Å². The molecule has 0 radical (unpaired) electrons. The Kier molecular flexibility index (Phi) is 3.71. The monoisotopic (exact) mass is 277 g/mol. The van der Waals surface area contributed by atoms with Crippen LogP contribution in [0.4, 0.5) is 11.4 Å². The Hall–Kier alpha value is -2.08. The average molecular weight is 277 g/mol. The lowest BCUT2D eigenvalue weighted by molar-refractivity contribution is 0.600. The molecular formula is C13H15N3O2S. The number of nitrogens with zero attached hydrogens (tertiary/aromatic N) is 1. The zero-order valence-corrected chi connectivity index (χ0v) is 11.3. The SMILES string of the molecule is Cc1cc(NS(=O)(=O)Cc2cccc(N)c2)ccn1. The second-order valence-corrected chi connectivity index (χ2v) is 6.01. The van der Waals surface area contributed by atoms with Crippen molar-refractivity contribution in [3.8, 4) is 0 Å². The first-order chi connectivity index (χ1) is 8.94. The molecule has 5 nitrogen and oxygen atoms in total. The van der Waals surface area contributed by atoms with E-state index in [9.17, 15) is 8.42 Å². The summed E-state index contributed by atoms with van der Waals surface area (Å²) in [6, 6.07) is 10.1. The molecule has 0 unspecified atom stereocenters. The predicted molar refractivity (Wildman–Crippen MR) is 76.1 cm³/mol. The lowest BCUT2D eigenvalue weighted by Crippen LogP contribution is -2.15. The molecule has 0 aliphatic carbocycles. The highest BCUT2D eigenvalue weighted by Crippen LogP contribution is 2.14. The molecule has 0 saturated heterocycles. The number of aromatic nitrogens is 1. The molecule has 1 aromatic heterocycles. The van der Waals surface area contributed by atoms with Gasteiger partial charge in [-0.15, -0.1) is 0 Å². The summed E-state index contributed by atoms with van der Waals surface area (Å²) < 4.78 is 26.6. The number of nitrogens with two attached hydrogens (primary N) is 1. The van der Waals surface area contributed by atoms with Crippen LogP contribution in [0.25, 0.3) is 0 Å². The van der Waals surface area contributed by atoms with E-state index in [0.29, 0.717) is 16.9 Å². The van der Waals surface area contributed by atoms with E-state index in [4.69, 9.17) is 5.73 Å². The summed E-state index contributed by atoms with van der Waals surface area (Å²) in [5.74, 6) is -0.112. The fraction of sp³-hybridized carbons (Fsp3) is 0.154. The van der Waals surface area contributed by atoms with Crippen LogP contribution in [0.15, 0.2) is 42.6 Å². The largest absolute Gasteiger partial charge is 0.399 e. The second kappa shape index (κ2) is 5.27. The van der Waals surface area contributed by atoms with Crippen LogP contribution in [-0.2, 0) is 15.8 Å². The molecule has 0 aliphatic heterocycles. The maximum atomic E-state index is 12.0. The smallest absolute Gasteiger partial charge is 0.236 e. The van der Waals surface area contributed by atoms with Crippen LogP contribution in [0.3, 0.4) is 0 Å². The van der Waals surface area contributed by atoms with Crippen molar-refractivity contribution >= 4 is 21.4 Å². The van der Waals surface area contributed by atoms with Gasteiger partial charge < -0.3 is 5.73 Å². The fourth-order valence-corrected chi connectivity index (χ4v) is 2.90. The Morgan fingerprint density at radius 2 is 2.05 bits per heavy atom. The van der Waals surface area contributed by atoms with Gasteiger partial charge in [-0.1, -0.05) is 12.1 Å². The molecule has 0 atom stereocenters. The van der Waals surface area contributed by atoms with Gasteiger partial charge in [-0.2, -0.15) is 0 Å². The van der Waals surface area contributed by atoms with Crippen molar-refractivity contribution in [2.24, 2.45) is 0 Å². The Labute approximate surface area is 112 Å². The normalized spacial score (nSPS) is 11.2. The van der Waals surface area contributed by atoms with Crippen LogP contribution >= 0.6 is 0 Å². The van der Waals surface area contributed by atoms with Gasteiger partial charge in [-0.05, 0) is 36.8 Å². The topological polar surface area (TPSA) is 85.1 Å². The molecule has 1 aromatic carbocycles. The minimum Gasteiger partial charge on any atom is -0.399 e. The molecule has 0 amide bonds. The van der Waals surface area contributed by atoms with E-state index >= 15 is 0 Å². The summed E-state index contributed by atoms with van der Waals surface area (Å²) >= 11 is 0. The van der Waals surface area contributed by atoms with Gasteiger partial charge in [0.15, 0.2) is 0 Å². The number of aryl methyl sites for hydroxylation is 1. The highest BCUT2D eigenvalue weighted by molar-refractivity contribution is 7.91. The van der Waals surface area contributed by atoms with Crippen molar-refractivity contribution in [1.82, 2.24) is 4.98 Å². The van der Waals surface area contributed by atoms with E-state index in [1.165, 1.54) is 0 Å². The molecule has 19 heavy (non-hydrogen) atoms. The molecule has 0 fully saturated rings. The van der Waals surface area contributed by atoms with Crippen molar-refractivity contribution in [3.63, 3.8) is 0 Å². The van der Waals surface area contributed by atoms with Gasteiger partial charge in [0.1, 0.15) is 0 Å². The van der Waals surface area contributed by atoms with Crippen molar-refractivity contribution in [3.05, 3.63) is 53.9 Å². The van der Waals surface area contributed by atoms with Gasteiger partial charge in [-0.3, -0.25) is 9.71 Å². The van der Waals surface area contributed by atoms with E-state index in [1.54, 1.807) is 49.5 Å². The van der Waals surface area contributed by atoms with E-state index in [-0.39, 0.29) is 5.75 Å². The van der Waals surface area contributed by atoms with Crippen LogP contribution in [-0.4, -0.2) is 13.4 Å². The van der Waals surface area contributed by atoms with Gasteiger partial charge in [0.2, 0.25) is 10.0 Å². The number of hydrogen-bond donors (Lipinski definition) is 2. The van der Waals surface area contributed by atoms with Gasteiger partial charge in [0, 0.05) is 17.6 Å². The van der Waals surface area contributed by atoms with Crippen LogP contribution in [0, 0.1) is 6.92 Å². The number of nitrogen functional groups attached to an aromatic ring is 1. The number of anilines is 2. The molecule has 0 saturated carbocycles. The summed E-state index contributed by atoms with van der Waals surface area (Å²) in [4.78, 5) is 4.01. The van der Waals surface area contributed by atoms with Crippen LogP contribution in [0.5, 0.6) is 0 Å². The van der Waals surface area contributed by atoms with Crippen molar-refractivity contribution in [2.45, 2.75) is 12.7 Å². The predicted octanol–water partition coefficient (Wildman–Crippen LogP) is 1.91. The fourth-order valence-electron chi connectivity index (χ4n) is 1.73. The Morgan fingerprint density at radius 3 is 2.74 bits per heavy atom. The zero-order valence-electron chi connectivity index (χ0n) is 10.5. The Balaban J connectivity index is 2.15. The number of benzene rings is 1. The summed E-state index contributed by atoms with van der Waals surface area (Å²) in [6.07, 6.45) is 1.56. The quantitative estimate of drug-likeness (QED) is 0.836. The first-order valence-electron chi connectivity index (χ1n) is 5.72. The number of nitrogens with one attached hydrogen (secondary N) is 1. The third kappa shape index (κ3) is 3.96. The van der Waals surface area contributed by atoms with Gasteiger partial charge in [0.05, 0.1) is 11.4 Å². The van der Waals surface area contributed by atoms with Crippen LogP contribution < -0.4 is 10.5 Å². The molecule has 6 heteroatoms. The van der Waals surface area contributed by atoms with Gasteiger partial charge in [-0.25, -0.2) is 8.42 Å². The molecule has 1 heterocycles. The molecular weight excluding hydrogens is 262 g/mol. The number of sulfonamides is 1. The Morgan fingerprint density at radius 1 is 1.26 bits per heavy atom. The summed E-state index contributed by atoms with van der Waals surface area (Å²) in [5.41, 5.74) is 8.09. The summed E-state index contributed by atoms with van der Waals surface area (Å²) in [5, 5.41) is 0. The standard InChI is InChI=1S/C13H15N3O2S/c1-10-7-13(5-6-15-10)16-19(17,18)9-11-3-2-4-12(14)8-11/h2-8H,9,14H2,1H3,(H,15,16). The van der Waals surface area contributed by atoms with Crippen molar-refractivity contribution < 1.29 is 8.42 Å². The third-order valence-corrected chi connectivity index (χ3v) is 3.74. The average Bonchev–Trinajstić information content (AvgIpc) is 2.27. The summed E-state index contributed by atoms with van der Waals surface area (Å²) in [7, 11) is -3.45. The molecule has 0 aliphatic rings. The first-order valence-corrected chi connectivity index (χ1v) is 7.37. The van der Waals surface area contributed by atoms with E-state index < -0.39 is 10.0 Å². The lowest BCUT2D eigenvalue weighted by Gasteiger charge is -2.08. The number of rotatable bonds is 4. The lowest BCUT2D eigenvalue weighted by atomic mass is 10.2. The van der Waals surface area contributed by atoms with Crippen molar-refractivity contribution in [2.75, 3.05) is 10.5 Å². The highest BCUT2D eigenvalue weighted by Gasteiger charge is 2.12. The van der Waals surface area contributed by atoms with Gasteiger partial charge in [0.25, 0.3) is 0 Å². The molecule has 0 bridgehead atoms. The number of hydrogen-bond acceptors (Lipinski definition) is 4. The maximum Gasteiger partial charge on any atom is 0.236 e. The van der Waals surface area contributed by atoms with Crippen LogP contribution in [0.2, 0.25) is 0 Å². The summed E-state index contributed by atoms with van der Waals surface area (Å²) in [6.45, 7) is 1.80. The van der Waals surface area contributed by atoms with E-state index in [0.717, 1.165) is 5.69 Å². The zero-order chi connectivity index (χ0) is 13.9. The third-order valence-electron chi connectivity index (χ3n) is 2.48. The van der Waals surface area contributed by atoms with Crippen LogP contribution in [0.1, 0.15) is 11.3 Å². The maximum absolute atomic E-state index is 12.0. The number of pyridine rings is 1. The second-order valence-electron chi connectivity index (χ2n) is 4.29. The van der Waals surface area contributed by atoms with E-state index in [1.807, 2.05) is 0 Å². The molecule has 2 aromatic rings. The van der Waals surface area contributed by atoms with Crippen molar-refractivity contribution in [1.29, 1.82) is 0 Å². The minimum absolute atomic E-state index is 0.112. The molecule has 2 rings (SSSR count). The first kappa shape index (κ1) is 13.4.